The van der Waals surface area contributed by atoms with E-state index in [0.29, 0.717) is 24.5 Å². The van der Waals surface area contributed by atoms with E-state index in [1.54, 1.807) is 12.1 Å². The van der Waals surface area contributed by atoms with Crippen molar-refractivity contribution in [3.05, 3.63) is 59.4 Å². The Hall–Kier alpha value is -2.50. The zero-order valence-corrected chi connectivity index (χ0v) is 17.4. The average Bonchev–Trinajstić information content (AvgIpc) is 2.73. The molecule has 2 aromatic rings. The van der Waals surface area contributed by atoms with Crippen molar-refractivity contribution in [2.45, 2.75) is 64.7 Å². The molecule has 6 heteroatoms. The number of hydrogen-bond donors (Lipinski definition) is 0. The van der Waals surface area contributed by atoms with Crippen LogP contribution in [0.4, 0.5) is 13.2 Å². The highest BCUT2D eigenvalue weighted by Gasteiger charge is 2.15. The van der Waals surface area contributed by atoms with Crippen molar-refractivity contribution in [3.63, 3.8) is 0 Å². The van der Waals surface area contributed by atoms with Gasteiger partial charge in [-0.1, -0.05) is 58.3 Å². The minimum absolute atomic E-state index is 0.190. The Morgan fingerprint density at radius 1 is 0.767 bits per heavy atom. The minimum Gasteiger partial charge on any atom is -0.494 e. The second-order valence-electron chi connectivity index (χ2n) is 7.29. The summed E-state index contributed by atoms with van der Waals surface area (Å²) < 4.78 is 49.9. The lowest BCUT2D eigenvalue weighted by Gasteiger charge is -2.08. The van der Waals surface area contributed by atoms with Crippen molar-refractivity contribution in [1.29, 1.82) is 0 Å². The lowest BCUT2D eigenvalue weighted by molar-refractivity contribution is 0.0733. The summed E-state index contributed by atoms with van der Waals surface area (Å²) in [5, 5.41) is 0. The first-order chi connectivity index (χ1) is 14.5. The van der Waals surface area contributed by atoms with Gasteiger partial charge >= 0.3 is 5.97 Å². The molecule has 0 N–H and O–H groups in total. The topological polar surface area (TPSA) is 35.5 Å². The molecule has 0 aliphatic heterocycles. The molecule has 0 atom stereocenters. The Labute approximate surface area is 176 Å². The molecule has 0 aliphatic rings. The van der Waals surface area contributed by atoms with E-state index in [4.69, 9.17) is 9.47 Å². The summed E-state index contributed by atoms with van der Waals surface area (Å²) in [6, 6.07) is 7.53. The second-order valence-corrected chi connectivity index (χ2v) is 7.29. The van der Waals surface area contributed by atoms with Crippen LogP contribution in [0.2, 0.25) is 0 Å². The molecule has 0 radical (unpaired) electrons. The molecule has 0 aromatic heterocycles. The molecule has 0 saturated carbocycles. The number of unbranched alkanes of at least 4 members (excludes halogenated alkanes) is 8. The van der Waals surface area contributed by atoms with Gasteiger partial charge in [0.15, 0.2) is 17.5 Å². The van der Waals surface area contributed by atoms with Crippen molar-refractivity contribution in [3.8, 4) is 11.5 Å². The third-order valence-electron chi connectivity index (χ3n) is 4.77. The van der Waals surface area contributed by atoms with E-state index >= 15 is 0 Å². The van der Waals surface area contributed by atoms with Gasteiger partial charge in [0, 0.05) is 12.1 Å². The van der Waals surface area contributed by atoms with E-state index in [9.17, 15) is 18.0 Å². The highest BCUT2D eigenvalue weighted by molar-refractivity contribution is 5.91. The van der Waals surface area contributed by atoms with Crippen LogP contribution in [0.15, 0.2) is 36.4 Å². The molecule has 0 saturated heterocycles. The van der Waals surface area contributed by atoms with Gasteiger partial charge in [0.2, 0.25) is 0 Å². The molecule has 164 valence electrons. The summed E-state index contributed by atoms with van der Waals surface area (Å²) in [4.78, 5) is 12.1. The van der Waals surface area contributed by atoms with E-state index < -0.39 is 29.2 Å². The molecule has 0 bridgehead atoms. The maximum atomic E-state index is 13.2. The van der Waals surface area contributed by atoms with Gasteiger partial charge in [0.25, 0.3) is 0 Å². The molecule has 2 aromatic carbocycles. The summed E-state index contributed by atoms with van der Waals surface area (Å²) >= 11 is 0. The molecule has 0 amide bonds. The number of halogens is 3. The predicted molar refractivity (Wildman–Crippen MR) is 110 cm³/mol. The Morgan fingerprint density at radius 2 is 1.30 bits per heavy atom. The first-order valence-electron chi connectivity index (χ1n) is 10.6. The molecule has 3 nitrogen and oxygen atoms in total. The van der Waals surface area contributed by atoms with Crippen LogP contribution in [0, 0.1) is 17.5 Å². The molecule has 30 heavy (non-hydrogen) atoms. The highest BCUT2D eigenvalue weighted by atomic mass is 19.2. The predicted octanol–water partition coefficient (Wildman–Crippen LogP) is 7.23. The number of hydrogen-bond acceptors (Lipinski definition) is 3. The molecule has 0 heterocycles. The Balaban J connectivity index is 1.68. The largest absolute Gasteiger partial charge is 0.494 e. The fourth-order valence-electron chi connectivity index (χ4n) is 3.05. The first kappa shape index (κ1) is 23.8. The van der Waals surface area contributed by atoms with Gasteiger partial charge in [0.1, 0.15) is 11.5 Å². The van der Waals surface area contributed by atoms with Crippen LogP contribution >= 0.6 is 0 Å². The van der Waals surface area contributed by atoms with Gasteiger partial charge < -0.3 is 9.47 Å². The standard InChI is InChI=1S/C24H29F3O3/c1-2-3-4-5-6-7-8-9-10-15-29-19-13-11-18(12-14-19)24(28)30-20-16-21(25)23(27)22(26)17-20/h11-14,16-17H,2-10,15H2,1H3. The van der Waals surface area contributed by atoms with E-state index in [1.807, 2.05) is 0 Å². The highest BCUT2D eigenvalue weighted by Crippen LogP contribution is 2.21. The average molecular weight is 422 g/mol. The molecule has 0 spiro atoms. The molecule has 0 unspecified atom stereocenters. The lowest BCUT2D eigenvalue weighted by Crippen LogP contribution is -2.09. The van der Waals surface area contributed by atoms with Crippen molar-refractivity contribution in [2.24, 2.45) is 0 Å². The summed E-state index contributed by atoms with van der Waals surface area (Å²) in [6.45, 7) is 2.82. The third-order valence-corrected chi connectivity index (χ3v) is 4.77. The maximum Gasteiger partial charge on any atom is 0.343 e. The fraction of sp³-hybridized carbons (Fsp3) is 0.458. The van der Waals surface area contributed by atoms with Gasteiger partial charge in [0.05, 0.1) is 12.2 Å². The summed E-state index contributed by atoms with van der Waals surface area (Å²) in [6.07, 6.45) is 11.1. The number of esters is 1. The van der Waals surface area contributed by atoms with Crippen molar-refractivity contribution >= 4 is 5.97 Å². The summed E-state index contributed by atoms with van der Waals surface area (Å²) in [7, 11) is 0. The van der Waals surface area contributed by atoms with Crippen LogP contribution in [-0.4, -0.2) is 12.6 Å². The smallest absolute Gasteiger partial charge is 0.343 e. The Kier molecular flexibility index (Phi) is 10.3. The molecule has 0 fully saturated rings. The van der Waals surface area contributed by atoms with E-state index in [2.05, 4.69) is 6.92 Å². The van der Waals surface area contributed by atoms with Gasteiger partial charge in [-0.15, -0.1) is 0 Å². The first-order valence-corrected chi connectivity index (χ1v) is 10.6. The molecule has 2 rings (SSSR count). The zero-order valence-electron chi connectivity index (χ0n) is 17.4. The fourth-order valence-corrected chi connectivity index (χ4v) is 3.05. The van der Waals surface area contributed by atoms with E-state index in [1.165, 1.54) is 57.1 Å². The third kappa shape index (κ3) is 8.09. The van der Waals surface area contributed by atoms with E-state index in [-0.39, 0.29) is 5.56 Å². The van der Waals surface area contributed by atoms with Crippen LogP contribution in [0.1, 0.15) is 75.1 Å². The molecular weight excluding hydrogens is 393 g/mol. The van der Waals surface area contributed by atoms with Crippen LogP contribution in [0.25, 0.3) is 0 Å². The SMILES string of the molecule is CCCCCCCCCCCOc1ccc(C(=O)Oc2cc(F)c(F)c(F)c2)cc1. The molecular formula is C24H29F3O3. The normalized spacial score (nSPS) is 10.8. The van der Waals surface area contributed by atoms with Crippen LogP contribution < -0.4 is 9.47 Å². The minimum atomic E-state index is -1.61. The monoisotopic (exact) mass is 422 g/mol. The van der Waals surface area contributed by atoms with Gasteiger partial charge in [-0.3, -0.25) is 0 Å². The maximum absolute atomic E-state index is 13.2. The van der Waals surface area contributed by atoms with Crippen molar-refractivity contribution < 1.29 is 27.4 Å². The number of carbonyl (C=O) groups excluding carboxylic acids is 1. The Bertz CT molecular complexity index is 768. The lowest BCUT2D eigenvalue weighted by atomic mass is 10.1. The van der Waals surface area contributed by atoms with Crippen molar-refractivity contribution in [2.75, 3.05) is 6.61 Å². The van der Waals surface area contributed by atoms with Crippen molar-refractivity contribution in [1.82, 2.24) is 0 Å². The molecule has 0 aliphatic carbocycles. The number of rotatable bonds is 13. The summed E-state index contributed by atoms with van der Waals surface area (Å²) in [5.74, 6) is -5.02. The quantitative estimate of drug-likeness (QED) is 0.148. The number of carbonyl (C=O) groups is 1. The van der Waals surface area contributed by atoms with Crippen LogP contribution in [-0.2, 0) is 0 Å². The van der Waals surface area contributed by atoms with Gasteiger partial charge in [-0.25, -0.2) is 18.0 Å². The zero-order chi connectivity index (χ0) is 21.8. The second kappa shape index (κ2) is 12.9. The summed E-state index contributed by atoms with van der Waals surface area (Å²) in [5.41, 5.74) is 0.190. The van der Waals surface area contributed by atoms with Crippen LogP contribution in [0.5, 0.6) is 11.5 Å². The van der Waals surface area contributed by atoms with Crippen LogP contribution in [0.3, 0.4) is 0 Å². The van der Waals surface area contributed by atoms with Gasteiger partial charge in [-0.2, -0.15) is 0 Å². The van der Waals surface area contributed by atoms with Gasteiger partial charge in [-0.05, 0) is 30.7 Å². The Morgan fingerprint density at radius 3 is 1.87 bits per heavy atom. The van der Waals surface area contributed by atoms with E-state index in [0.717, 1.165) is 12.8 Å². The number of benzene rings is 2. The number of ether oxygens (including phenoxy) is 2.